The maximum atomic E-state index is 12.8. The smallest absolute Gasteiger partial charge is 0.231 e. The Kier molecular flexibility index (Phi) is 4.05. The number of thiazole rings is 1. The molecule has 0 radical (unpaired) electrons. The lowest BCUT2D eigenvalue weighted by Gasteiger charge is -2.15. The fourth-order valence-electron chi connectivity index (χ4n) is 3.62. The number of nitrogens with one attached hydrogen (secondary N) is 1. The van der Waals surface area contributed by atoms with Crippen molar-refractivity contribution in [3.63, 3.8) is 0 Å². The summed E-state index contributed by atoms with van der Waals surface area (Å²) in [6.45, 7) is 2.45. The average Bonchev–Trinajstić information content (AvgIpc) is 3.19. The molecule has 1 aliphatic carbocycles. The SMILES string of the molecule is Cc1cccc(C2(C(=O)NCc3ccc(-c4nc5ccccc5s4)o3)CC2)c1. The van der Waals surface area contributed by atoms with Crippen LogP contribution in [0.25, 0.3) is 21.0 Å². The minimum Gasteiger partial charge on any atom is -0.457 e. The third kappa shape index (κ3) is 3.02. The van der Waals surface area contributed by atoms with E-state index in [-0.39, 0.29) is 11.3 Å². The lowest BCUT2D eigenvalue weighted by atomic mass is 9.93. The zero-order valence-electron chi connectivity index (χ0n) is 15.6. The Balaban J connectivity index is 1.29. The van der Waals surface area contributed by atoms with Gasteiger partial charge >= 0.3 is 0 Å². The van der Waals surface area contributed by atoms with Crippen molar-refractivity contribution in [2.45, 2.75) is 31.7 Å². The molecule has 4 nitrogen and oxygen atoms in total. The van der Waals surface area contributed by atoms with E-state index in [9.17, 15) is 4.79 Å². The number of benzene rings is 2. The normalized spacial score (nSPS) is 14.9. The standard InChI is InChI=1S/C23H20N2O2S/c1-15-5-4-6-16(13-15)23(11-12-23)22(26)24-14-17-9-10-19(27-17)21-25-18-7-2-3-8-20(18)28-21/h2-10,13H,11-12,14H2,1H3,(H,24,26). The van der Waals surface area contributed by atoms with E-state index in [0.29, 0.717) is 6.54 Å². The van der Waals surface area contributed by atoms with E-state index in [1.54, 1.807) is 11.3 Å². The summed E-state index contributed by atoms with van der Waals surface area (Å²) in [5.74, 6) is 1.56. The highest BCUT2D eigenvalue weighted by Crippen LogP contribution is 2.48. The molecule has 5 rings (SSSR count). The molecule has 4 aromatic rings. The summed E-state index contributed by atoms with van der Waals surface area (Å²) in [4.78, 5) is 17.5. The van der Waals surface area contributed by atoms with E-state index >= 15 is 0 Å². The highest BCUT2D eigenvalue weighted by atomic mass is 32.1. The van der Waals surface area contributed by atoms with Gasteiger partial charge in [-0.3, -0.25) is 4.79 Å². The first kappa shape index (κ1) is 17.2. The number of furan rings is 1. The Bertz CT molecular complexity index is 1140. The number of nitrogens with zero attached hydrogens (tertiary/aromatic N) is 1. The van der Waals surface area contributed by atoms with Gasteiger partial charge < -0.3 is 9.73 Å². The maximum absolute atomic E-state index is 12.8. The second kappa shape index (κ2) is 6.60. The quantitative estimate of drug-likeness (QED) is 0.510. The number of aryl methyl sites for hydroxylation is 1. The largest absolute Gasteiger partial charge is 0.457 e. The van der Waals surface area contributed by atoms with Crippen LogP contribution < -0.4 is 5.32 Å². The number of hydrogen-bond donors (Lipinski definition) is 1. The molecule has 2 aromatic heterocycles. The molecule has 1 aliphatic rings. The Hall–Kier alpha value is -2.92. The van der Waals surface area contributed by atoms with Crippen LogP contribution in [0.5, 0.6) is 0 Å². The van der Waals surface area contributed by atoms with Gasteiger partial charge in [0.25, 0.3) is 0 Å². The second-order valence-corrected chi connectivity index (χ2v) is 8.42. The Morgan fingerprint density at radius 3 is 2.79 bits per heavy atom. The number of aromatic nitrogens is 1. The van der Waals surface area contributed by atoms with Gasteiger partial charge in [0.2, 0.25) is 5.91 Å². The highest BCUT2D eigenvalue weighted by molar-refractivity contribution is 7.21. The molecule has 2 heterocycles. The van der Waals surface area contributed by atoms with E-state index < -0.39 is 0 Å². The Morgan fingerprint density at radius 1 is 1.14 bits per heavy atom. The van der Waals surface area contributed by atoms with Crippen LogP contribution >= 0.6 is 11.3 Å². The molecule has 0 bridgehead atoms. The summed E-state index contributed by atoms with van der Waals surface area (Å²) >= 11 is 1.61. The van der Waals surface area contributed by atoms with E-state index in [2.05, 4.69) is 41.5 Å². The van der Waals surface area contributed by atoms with Crippen LogP contribution in [0.15, 0.2) is 65.1 Å². The maximum Gasteiger partial charge on any atom is 0.231 e. The molecule has 0 saturated heterocycles. The number of para-hydroxylation sites is 1. The van der Waals surface area contributed by atoms with Crippen molar-refractivity contribution in [3.8, 4) is 10.8 Å². The van der Waals surface area contributed by atoms with Gasteiger partial charge in [-0.2, -0.15) is 0 Å². The van der Waals surface area contributed by atoms with E-state index in [1.807, 2.05) is 36.4 Å². The molecular weight excluding hydrogens is 368 g/mol. The lowest BCUT2D eigenvalue weighted by Crippen LogP contribution is -2.34. The molecule has 0 atom stereocenters. The molecule has 0 unspecified atom stereocenters. The average molecular weight is 388 g/mol. The van der Waals surface area contributed by atoms with Crippen molar-refractivity contribution in [3.05, 3.63) is 77.6 Å². The van der Waals surface area contributed by atoms with Crippen LogP contribution in [0, 0.1) is 6.92 Å². The minimum atomic E-state index is -0.367. The zero-order valence-corrected chi connectivity index (χ0v) is 16.4. The number of amides is 1. The summed E-state index contributed by atoms with van der Waals surface area (Å²) in [6, 6.07) is 20.1. The Labute approximate surface area is 167 Å². The third-order valence-corrected chi connectivity index (χ3v) is 6.40. The summed E-state index contributed by atoms with van der Waals surface area (Å²) in [5.41, 5.74) is 2.90. The van der Waals surface area contributed by atoms with E-state index in [4.69, 9.17) is 4.42 Å². The van der Waals surface area contributed by atoms with E-state index in [0.717, 1.165) is 45.1 Å². The van der Waals surface area contributed by atoms with Crippen molar-refractivity contribution in [1.82, 2.24) is 10.3 Å². The van der Waals surface area contributed by atoms with Crippen LogP contribution in [0.3, 0.4) is 0 Å². The van der Waals surface area contributed by atoms with Crippen molar-refractivity contribution in [2.75, 3.05) is 0 Å². The van der Waals surface area contributed by atoms with Gasteiger partial charge in [-0.25, -0.2) is 4.98 Å². The zero-order chi connectivity index (χ0) is 19.1. The number of fused-ring (bicyclic) bond motifs is 1. The summed E-state index contributed by atoms with van der Waals surface area (Å²) in [7, 11) is 0. The topological polar surface area (TPSA) is 55.1 Å². The van der Waals surface area contributed by atoms with Crippen LogP contribution in [-0.2, 0) is 16.8 Å². The number of rotatable bonds is 5. The van der Waals surface area contributed by atoms with Crippen LogP contribution in [0.4, 0.5) is 0 Å². The second-order valence-electron chi connectivity index (χ2n) is 7.39. The van der Waals surface area contributed by atoms with E-state index in [1.165, 1.54) is 5.56 Å². The highest BCUT2D eigenvalue weighted by Gasteiger charge is 2.51. The van der Waals surface area contributed by atoms with Crippen molar-refractivity contribution in [1.29, 1.82) is 0 Å². The molecule has 1 amide bonds. The number of carbonyl (C=O) groups is 1. The van der Waals surface area contributed by atoms with Gasteiger partial charge in [0, 0.05) is 0 Å². The van der Waals surface area contributed by atoms with Gasteiger partial charge in [0.15, 0.2) is 10.8 Å². The fourth-order valence-corrected chi connectivity index (χ4v) is 4.54. The first-order chi connectivity index (χ1) is 13.6. The molecule has 28 heavy (non-hydrogen) atoms. The van der Waals surface area contributed by atoms with Gasteiger partial charge in [0.05, 0.1) is 22.2 Å². The number of carbonyl (C=O) groups excluding carboxylic acids is 1. The molecule has 1 N–H and O–H groups in total. The molecule has 2 aromatic carbocycles. The van der Waals surface area contributed by atoms with Crippen molar-refractivity contribution >= 4 is 27.5 Å². The van der Waals surface area contributed by atoms with Gasteiger partial charge in [0.1, 0.15) is 5.76 Å². The summed E-state index contributed by atoms with van der Waals surface area (Å²) in [6.07, 6.45) is 1.80. The van der Waals surface area contributed by atoms with Gasteiger partial charge in [-0.05, 0) is 49.6 Å². The Morgan fingerprint density at radius 2 is 2.00 bits per heavy atom. The monoisotopic (exact) mass is 388 g/mol. The molecule has 5 heteroatoms. The van der Waals surface area contributed by atoms with Gasteiger partial charge in [-0.1, -0.05) is 42.0 Å². The molecule has 1 saturated carbocycles. The summed E-state index contributed by atoms with van der Waals surface area (Å²) < 4.78 is 7.08. The number of hydrogen-bond acceptors (Lipinski definition) is 4. The molecular formula is C23H20N2O2S. The molecule has 140 valence electrons. The predicted molar refractivity (Wildman–Crippen MR) is 111 cm³/mol. The summed E-state index contributed by atoms with van der Waals surface area (Å²) in [5, 5.41) is 3.92. The van der Waals surface area contributed by atoms with Crippen LogP contribution in [-0.4, -0.2) is 10.9 Å². The fraction of sp³-hybridized carbons (Fsp3) is 0.217. The minimum absolute atomic E-state index is 0.0797. The van der Waals surface area contributed by atoms with Gasteiger partial charge in [-0.15, -0.1) is 11.3 Å². The van der Waals surface area contributed by atoms with Crippen molar-refractivity contribution < 1.29 is 9.21 Å². The molecule has 0 aliphatic heterocycles. The predicted octanol–water partition coefficient (Wildman–Crippen LogP) is 5.21. The van der Waals surface area contributed by atoms with Crippen LogP contribution in [0.1, 0.15) is 29.7 Å². The van der Waals surface area contributed by atoms with Crippen LogP contribution in [0.2, 0.25) is 0 Å². The lowest BCUT2D eigenvalue weighted by molar-refractivity contribution is -0.123. The third-order valence-electron chi connectivity index (χ3n) is 5.34. The molecule has 0 spiro atoms. The molecule has 1 fully saturated rings. The first-order valence-corrected chi connectivity index (χ1v) is 10.3. The van der Waals surface area contributed by atoms with Crippen molar-refractivity contribution in [2.24, 2.45) is 0 Å². The first-order valence-electron chi connectivity index (χ1n) is 9.44.